The van der Waals surface area contributed by atoms with Crippen molar-refractivity contribution in [1.29, 1.82) is 5.26 Å². The molecule has 102 valence electrons. The van der Waals surface area contributed by atoms with Crippen LogP contribution in [-0.2, 0) is 0 Å². The molecule has 2 rings (SSSR count). The van der Waals surface area contributed by atoms with Crippen LogP contribution in [0.1, 0.15) is 52.9 Å². The van der Waals surface area contributed by atoms with E-state index in [4.69, 9.17) is 0 Å². The van der Waals surface area contributed by atoms with Crippen LogP contribution in [0.2, 0.25) is 0 Å². The number of likely N-dealkylation sites (tertiary alicyclic amines) is 1. The molecule has 0 aromatic carbocycles. The molecule has 2 aliphatic rings. The molecule has 0 amide bonds. The van der Waals surface area contributed by atoms with Crippen LogP contribution in [0.4, 0.5) is 0 Å². The van der Waals surface area contributed by atoms with Gasteiger partial charge in [0.1, 0.15) is 0 Å². The molecule has 5 unspecified atom stereocenters. The number of hydrogen-bond donors (Lipinski definition) is 0. The van der Waals surface area contributed by atoms with Crippen molar-refractivity contribution in [3.63, 3.8) is 0 Å². The number of hydrogen-bond acceptors (Lipinski definition) is 2. The first kappa shape index (κ1) is 13.9. The molecule has 0 spiro atoms. The monoisotopic (exact) mass is 248 g/mol. The zero-order valence-electron chi connectivity index (χ0n) is 12.2. The van der Waals surface area contributed by atoms with Crippen LogP contribution in [0.3, 0.4) is 0 Å². The Kier molecular flexibility index (Phi) is 4.67. The minimum Gasteiger partial charge on any atom is -0.299 e. The number of piperidine rings is 1. The molecule has 18 heavy (non-hydrogen) atoms. The van der Waals surface area contributed by atoms with Crippen LogP contribution in [0.15, 0.2) is 0 Å². The van der Waals surface area contributed by atoms with Crippen molar-refractivity contribution in [1.82, 2.24) is 4.90 Å². The van der Waals surface area contributed by atoms with Gasteiger partial charge in [-0.3, -0.25) is 4.90 Å². The lowest BCUT2D eigenvalue weighted by Crippen LogP contribution is -2.49. The average Bonchev–Trinajstić information content (AvgIpc) is 2.41. The van der Waals surface area contributed by atoms with Gasteiger partial charge in [-0.25, -0.2) is 0 Å². The standard InChI is InChI=1S/C16H28N2/c1-4-14-5-6-15(10-17)16(9-14)18-8-7-12(2)13(3)11-18/h12-16H,4-9,11H2,1-3H3. The topological polar surface area (TPSA) is 27.0 Å². The first-order valence-electron chi connectivity index (χ1n) is 7.79. The highest BCUT2D eigenvalue weighted by Crippen LogP contribution is 2.36. The summed E-state index contributed by atoms with van der Waals surface area (Å²) in [6.07, 6.45) is 6.25. The summed E-state index contributed by atoms with van der Waals surface area (Å²) in [7, 11) is 0. The van der Waals surface area contributed by atoms with Crippen molar-refractivity contribution < 1.29 is 0 Å². The lowest BCUT2D eigenvalue weighted by Gasteiger charge is -2.45. The summed E-state index contributed by atoms with van der Waals surface area (Å²) in [5, 5.41) is 9.39. The van der Waals surface area contributed by atoms with E-state index in [2.05, 4.69) is 31.7 Å². The van der Waals surface area contributed by atoms with E-state index in [9.17, 15) is 5.26 Å². The average molecular weight is 248 g/mol. The summed E-state index contributed by atoms with van der Waals surface area (Å²) in [6.45, 7) is 9.47. The van der Waals surface area contributed by atoms with Crippen LogP contribution in [0, 0.1) is 35.0 Å². The van der Waals surface area contributed by atoms with Crippen LogP contribution >= 0.6 is 0 Å². The van der Waals surface area contributed by atoms with Gasteiger partial charge < -0.3 is 0 Å². The molecule has 0 aromatic heterocycles. The van der Waals surface area contributed by atoms with E-state index >= 15 is 0 Å². The van der Waals surface area contributed by atoms with E-state index in [1.54, 1.807) is 0 Å². The SMILES string of the molecule is CCC1CCC(C#N)C(N2CCC(C)C(C)C2)C1. The number of nitrogens with zero attached hydrogens (tertiary/aromatic N) is 2. The van der Waals surface area contributed by atoms with Gasteiger partial charge in [0.15, 0.2) is 0 Å². The van der Waals surface area contributed by atoms with Crippen molar-refractivity contribution in [2.75, 3.05) is 13.1 Å². The van der Waals surface area contributed by atoms with Gasteiger partial charge in [-0.15, -0.1) is 0 Å². The third-order valence-corrected chi connectivity index (χ3v) is 5.50. The molecule has 2 heteroatoms. The lowest BCUT2D eigenvalue weighted by atomic mass is 9.76. The van der Waals surface area contributed by atoms with Gasteiger partial charge in [-0.2, -0.15) is 5.26 Å². The molecule has 0 N–H and O–H groups in total. The first-order valence-corrected chi connectivity index (χ1v) is 7.79. The van der Waals surface area contributed by atoms with E-state index < -0.39 is 0 Å². The van der Waals surface area contributed by atoms with E-state index in [0.29, 0.717) is 6.04 Å². The first-order chi connectivity index (χ1) is 8.65. The van der Waals surface area contributed by atoms with Crippen molar-refractivity contribution in [3.8, 4) is 6.07 Å². The van der Waals surface area contributed by atoms with Crippen LogP contribution in [0.25, 0.3) is 0 Å². The maximum atomic E-state index is 9.39. The summed E-state index contributed by atoms with van der Waals surface area (Å²) in [5.74, 6) is 2.79. The molecule has 0 bridgehead atoms. The highest BCUT2D eigenvalue weighted by molar-refractivity contribution is 4.98. The maximum Gasteiger partial charge on any atom is 0.0672 e. The molecule has 1 aliphatic heterocycles. The van der Waals surface area contributed by atoms with E-state index in [1.165, 1.54) is 38.8 Å². The van der Waals surface area contributed by atoms with Gasteiger partial charge in [-0.1, -0.05) is 27.2 Å². The molecule has 1 saturated heterocycles. The van der Waals surface area contributed by atoms with Crippen molar-refractivity contribution in [3.05, 3.63) is 0 Å². The molecule has 1 aliphatic carbocycles. The van der Waals surface area contributed by atoms with Crippen LogP contribution in [-0.4, -0.2) is 24.0 Å². The Morgan fingerprint density at radius 2 is 1.94 bits per heavy atom. The summed E-state index contributed by atoms with van der Waals surface area (Å²) in [4.78, 5) is 2.64. The molecule has 2 nitrogen and oxygen atoms in total. The summed E-state index contributed by atoms with van der Waals surface area (Å²) >= 11 is 0. The van der Waals surface area contributed by atoms with Crippen molar-refractivity contribution in [2.45, 2.75) is 58.9 Å². The second-order valence-electron chi connectivity index (χ2n) is 6.63. The van der Waals surface area contributed by atoms with E-state index in [-0.39, 0.29) is 5.92 Å². The molecule has 0 radical (unpaired) electrons. The predicted octanol–water partition coefficient (Wildman–Crippen LogP) is 3.68. The largest absolute Gasteiger partial charge is 0.299 e. The molecule has 1 heterocycles. The van der Waals surface area contributed by atoms with Crippen molar-refractivity contribution in [2.24, 2.45) is 23.7 Å². The summed E-state index contributed by atoms with van der Waals surface area (Å²) in [6, 6.07) is 3.13. The molecular formula is C16H28N2. The minimum atomic E-state index is 0.286. The summed E-state index contributed by atoms with van der Waals surface area (Å²) in [5.41, 5.74) is 0. The Morgan fingerprint density at radius 3 is 2.56 bits per heavy atom. The maximum absolute atomic E-state index is 9.39. The Labute approximate surface area is 112 Å². The Morgan fingerprint density at radius 1 is 1.17 bits per heavy atom. The predicted molar refractivity (Wildman–Crippen MR) is 75.0 cm³/mol. The van der Waals surface area contributed by atoms with Gasteiger partial charge >= 0.3 is 0 Å². The van der Waals surface area contributed by atoms with Gasteiger partial charge in [0.2, 0.25) is 0 Å². The highest BCUT2D eigenvalue weighted by atomic mass is 15.2. The Hall–Kier alpha value is -0.550. The number of nitriles is 1. The van der Waals surface area contributed by atoms with Gasteiger partial charge in [-0.05, 0) is 50.0 Å². The third-order valence-electron chi connectivity index (χ3n) is 5.50. The smallest absolute Gasteiger partial charge is 0.0672 e. The van der Waals surface area contributed by atoms with Crippen LogP contribution < -0.4 is 0 Å². The normalized spacial score (nSPS) is 42.4. The molecule has 5 atom stereocenters. The Bertz CT molecular complexity index is 307. The third kappa shape index (κ3) is 2.88. The second kappa shape index (κ2) is 6.06. The summed E-state index contributed by atoms with van der Waals surface area (Å²) < 4.78 is 0. The molecule has 2 fully saturated rings. The molecule has 1 saturated carbocycles. The fourth-order valence-electron chi connectivity index (χ4n) is 3.75. The van der Waals surface area contributed by atoms with Gasteiger partial charge in [0.05, 0.1) is 12.0 Å². The van der Waals surface area contributed by atoms with Gasteiger partial charge in [0.25, 0.3) is 0 Å². The quantitative estimate of drug-likeness (QED) is 0.745. The van der Waals surface area contributed by atoms with Gasteiger partial charge in [0, 0.05) is 12.6 Å². The van der Waals surface area contributed by atoms with E-state index in [1.807, 2.05) is 0 Å². The zero-order valence-corrected chi connectivity index (χ0v) is 12.2. The Balaban J connectivity index is 2.02. The van der Waals surface area contributed by atoms with E-state index in [0.717, 1.165) is 24.2 Å². The zero-order chi connectivity index (χ0) is 13.1. The second-order valence-corrected chi connectivity index (χ2v) is 6.63. The fraction of sp³-hybridized carbons (Fsp3) is 0.938. The fourth-order valence-corrected chi connectivity index (χ4v) is 3.75. The lowest BCUT2D eigenvalue weighted by molar-refractivity contribution is 0.0447. The highest BCUT2D eigenvalue weighted by Gasteiger charge is 2.36. The molecule has 0 aromatic rings. The van der Waals surface area contributed by atoms with Crippen molar-refractivity contribution >= 4 is 0 Å². The molecular weight excluding hydrogens is 220 g/mol. The van der Waals surface area contributed by atoms with Crippen LogP contribution in [0.5, 0.6) is 0 Å². The minimum absolute atomic E-state index is 0.286. The number of rotatable bonds is 2.